The van der Waals surface area contributed by atoms with Crippen LogP contribution in [0.5, 0.6) is 0 Å². The van der Waals surface area contributed by atoms with E-state index in [9.17, 15) is 10.2 Å². The van der Waals surface area contributed by atoms with Crippen LogP contribution in [0.3, 0.4) is 0 Å². The van der Waals surface area contributed by atoms with Gasteiger partial charge in [-0.25, -0.2) is 0 Å². The van der Waals surface area contributed by atoms with Crippen LogP contribution in [0, 0.1) is 5.92 Å². The van der Waals surface area contributed by atoms with Gasteiger partial charge in [0, 0.05) is 25.0 Å². The maximum Gasteiger partial charge on any atom is 0.186 e. The van der Waals surface area contributed by atoms with Crippen molar-refractivity contribution in [1.82, 2.24) is 0 Å². The van der Waals surface area contributed by atoms with Gasteiger partial charge in [0.25, 0.3) is 0 Å². The highest BCUT2D eigenvalue weighted by molar-refractivity contribution is 7.80. The Morgan fingerprint density at radius 1 is 1.44 bits per heavy atom. The molecule has 0 spiro atoms. The number of hydrogen-bond donors (Lipinski definition) is 4. The van der Waals surface area contributed by atoms with Gasteiger partial charge in [-0.3, -0.25) is 0 Å². The second kappa shape index (κ2) is 5.27. The number of rotatable bonds is 3. The fraction of sp³-hybridized carbons (Fsp3) is 0.500. The van der Waals surface area contributed by atoms with Crippen LogP contribution in [0.25, 0.3) is 0 Å². The van der Waals surface area contributed by atoms with Crippen LogP contribution in [0.4, 0.5) is 0 Å². The highest BCUT2D eigenvalue weighted by Crippen LogP contribution is 2.31. The summed E-state index contributed by atoms with van der Waals surface area (Å²) in [6.45, 7) is -0.135. The van der Waals surface area contributed by atoms with E-state index in [1.54, 1.807) is 29.1 Å². The molecule has 1 aromatic rings. The van der Waals surface area contributed by atoms with Crippen molar-refractivity contribution < 1.29 is 19.9 Å². The molecule has 1 aliphatic rings. The highest BCUT2D eigenvalue weighted by atomic mass is 32.1. The van der Waals surface area contributed by atoms with E-state index in [-0.39, 0.29) is 23.6 Å². The van der Waals surface area contributed by atoms with E-state index in [2.05, 4.69) is 0 Å². The van der Waals surface area contributed by atoms with Gasteiger partial charge in [0.1, 0.15) is 11.1 Å². The van der Waals surface area contributed by atoms with Gasteiger partial charge in [-0.1, -0.05) is 12.2 Å². The first-order valence-corrected chi connectivity index (χ1v) is 6.23. The van der Waals surface area contributed by atoms with Crippen LogP contribution < -0.4 is 10.3 Å². The summed E-state index contributed by atoms with van der Waals surface area (Å²) in [5, 5.41) is 28.9. The topological polar surface area (TPSA) is 90.6 Å². The summed E-state index contributed by atoms with van der Waals surface area (Å²) in [6, 6.07) is 3.31. The Morgan fingerprint density at radius 3 is 2.72 bits per heavy atom. The van der Waals surface area contributed by atoms with E-state index in [4.69, 9.17) is 23.1 Å². The third-order valence-electron chi connectivity index (χ3n) is 3.50. The number of aliphatic hydroxyl groups excluding tert-OH is 3. The van der Waals surface area contributed by atoms with E-state index >= 15 is 0 Å². The second-order valence-electron chi connectivity index (χ2n) is 4.63. The van der Waals surface area contributed by atoms with Crippen LogP contribution in [0.1, 0.15) is 18.0 Å². The molecule has 4 atom stereocenters. The molecule has 0 aliphatic heterocycles. The Bertz CT molecular complexity index is 455. The molecule has 5 N–H and O–H groups in total. The van der Waals surface area contributed by atoms with Gasteiger partial charge in [0.2, 0.25) is 0 Å². The van der Waals surface area contributed by atoms with E-state index in [1.807, 2.05) is 0 Å². The van der Waals surface area contributed by atoms with E-state index < -0.39 is 12.2 Å². The quantitative estimate of drug-likeness (QED) is 0.412. The number of aromatic nitrogens is 1. The molecule has 1 saturated carbocycles. The minimum absolute atomic E-state index is 0.135. The summed E-state index contributed by atoms with van der Waals surface area (Å²) < 4.78 is 1.79. The lowest BCUT2D eigenvalue weighted by Crippen LogP contribution is -2.45. The Morgan fingerprint density at radius 2 is 2.17 bits per heavy atom. The zero-order valence-electron chi connectivity index (χ0n) is 9.81. The minimum atomic E-state index is -0.902. The summed E-state index contributed by atoms with van der Waals surface area (Å²) >= 11 is 4.91. The molecule has 1 aliphatic carbocycles. The molecule has 1 fully saturated rings. The first kappa shape index (κ1) is 13.4. The smallest absolute Gasteiger partial charge is 0.186 e. The lowest BCUT2D eigenvalue weighted by Gasteiger charge is -2.13. The first-order chi connectivity index (χ1) is 8.54. The number of pyridine rings is 1. The maximum atomic E-state index is 10.00. The molecule has 0 bridgehead atoms. The van der Waals surface area contributed by atoms with Gasteiger partial charge in [0.05, 0.1) is 11.7 Å². The molecule has 1 heterocycles. The van der Waals surface area contributed by atoms with Crippen LogP contribution in [0.2, 0.25) is 0 Å². The molecule has 0 aromatic carbocycles. The van der Waals surface area contributed by atoms with Crippen LogP contribution in [0.15, 0.2) is 24.5 Å². The molecule has 18 heavy (non-hydrogen) atoms. The Labute approximate surface area is 110 Å². The number of nitrogens with zero attached hydrogens (tertiary/aromatic N) is 1. The summed E-state index contributed by atoms with van der Waals surface area (Å²) in [5.74, 6) is -0.300. The molecular weight excluding hydrogens is 252 g/mol. The van der Waals surface area contributed by atoms with Gasteiger partial charge in [-0.2, -0.15) is 4.57 Å². The SMILES string of the molecule is NC(=S)c1ccc[n+]([C@@H]2C[C@H](CO)[C@@H](O)[C@H]2O)c1. The van der Waals surface area contributed by atoms with Crippen LogP contribution >= 0.6 is 12.2 Å². The van der Waals surface area contributed by atoms with Gasteiger partial charge in [0.15, 0.2) is 18.4 Å². The van der Waals surface area contributed by atoms with Crippen molar-refractivity contribution in [2.45, 2.75) is 24.7 Å². The van der Waals surface area contributed by atoms with Gasteiger partial charge in [-0.15, -0.1) is 0 Å². The van der Waals surface area contributed by atoms with Crippen molar-refractivity contribution in [2.24, 2.45) is 11.7 Å². The van der Waals surface area contributed by atoms with Crippen molar-refractivity contribution in [1.29, 1.82) is 0 Å². The van der Waals surface area contributed by atoms with E-state index in [1.165, 1.54) is 0 Å². The standard InChI is InChI=1S/C12H16N2O3S/c13-12(18)7-2-1-3-14(5-7)9-4-8(6-15)10(16)11(9)17/h1-3,5,8-11,15-17H,4,6H2,(H-,13,18)/p+1/t8-,9-,10-,11+/m1/s1. The van der Waals surface area contributed by atoms with Gasteiger partial charge >= 0.3 is 0 Å². The molecule has 5 nitrogen and oxygen atoms in total. The maximum absolute atomic E-state index is 10.00. The summed E-state index contributed by atoms with van der Waals surface area (Å²) in [5.41, 5.74) is 6.27. The van der Waals surface area contributed by atoms with Crippen molar-refractivity contribution >= 4 is 17.2 Å². The fourth-order valence-corrected chi connectivity index (χ4v) is 2.54. The molecular formula is C12H17N2O3S+. The average Bonchev–Trinajstić information content (AvgIpc) is 2.66. The molecule has 2 rings (SSSR count). The zero-order valence-corrected chi connectivity index (χ0v) is 10.6. The summed E-state index contributed by atoms with van der Waals surface area (Å²) in [7, 11) is 0. The molecule has 0 unspecified atom stereocenters. The predicted octanol–water partition coefficient (Wildman–Crippen LogP) is -1.12. The first-order valence-electron chi connectivity index (χ1n) is 5.82. The normalized spacial score (nSPS) is 31.5. The third-order valence-corrected chi connectivity index (χ3v) is 3.73. The monoisotopic (exact) mass is 269 g/mol. The predicted molar refractivity (Wildman–Crippen MR) is 68.8 cm³/mol. The molecule has 0 radical (unpaired) electrons. The Balaban J connectivity index is 2.27. The molecule has 98 valence electrons. The number of thiocarbonyl (C=S) groups is 1. The molecule has 1 aromatic heterocycles. The summed E-state index contributed by atoms with van der Waals surface area (Å²) in [4.78, 5) is 0.288. The fourth-order valence-electron chi connectivity index (χ4n) is 2.42. The Hall–Kier alpha value is -1.08. The number of nitrogens with two attached hydrogens (primary N) is 1. The van der Waals surface area contributed by atoms with E-state index in [0.717, 1.165) is 0 Å². The van der Waals surface area contributed by atoms with Crippen LogP contribution in [-0.2, 0) is 0 Å². The largest absolute Gasteiger partial charge is 0.396 e. The second-order valence-corrected chi connectivity index (χ2v) is 5.07. The lowest BCUT2D eigenvalue weighted by molar-refractivity contribution is -0.728. The van der Waals surface area contributed by atoms with Gasteiger partial charge in [-0.05, 0) is 6.07 Å². The number of aliphatic hydroxyl groups is 3. The highest BCUT2D eigenvalue weighted by Gasteiger charge is 2.46. The lowest BCUT2D eigenvalue weighted by atomic mass is 10.1. The van der Waals surface area contributed by atoms with Crippen molar-refractivity contribution in [3.63, 3.8) is 0 Å². The Kier molecular flexibility index (Phi) is 3.91. The molecule has 6 heteroatoms. The van der Waals surface area contributed by atoms with E-state index in [0.29, 0.717) is 12.0 Å². The summed E-state index contributed by atoms with van der Waals surface area (Å²) in [6.07, 6.45) is 2.27. The van der Waals surface area contributed by atoms with Crippen molar-refractivity contribution in [3.8, 4) is 0 Å². The number of hydrogen-bond acceptors (Lipinski definition) is 4. The zero-order chi connectivity index (χ0) is 13.3. The van der Waals surface area contributed by atoms with Crippen LogP contribution in [-0.4, -0.2) is 39.1 Å². The minimum Gasteiger partial charge on any atom is -0.396 e. The third kappa shape index (κ3) is 2.37. The average molecular weight is 269 g/mol. The molecule has 0 amide bonds. The molecule has 0 saturated heterocycles. The van der Waals surface area contributed by atoms with Gasteiger partial charge < -0.3 is 21.1 Å². The van der Waals surface area contributed by atoms with Crippen molar-refractivity contribution in [3.05, 3.63) is 30.1 Å². The van der Waals surface area contributed by atoms with Crippen molar-refractivity contribution in [2.75, 3.05) is 6.61 Å².